The van der Waals surface area contributed by atoms with Crippen molar-refractivity contribution in [1.82, 2.24) is 5.32 Å². The van der Waals surface area contributed by atoms with Crippen LogP contribution in [0.5, 0.6) is 5.75 Å². The van der Waals surface area contributed by atoms with E-state index in [9.17, 15) is 9.18 Å². The van der Waals surface area contributed by atoms with Gasteiger partial charge in [-0.15, -0.1) is 0 Å². The maximum absolute atomic E-state index is 12.8. The summed E-state index contributed by atoms with van der Waals surface area (Å²) in [6, 6.07) is 14.0. The summed E-state index contributed by atoms with van der Waals surface area (Å²) in [5.74, 6) is 0.435. The lowest BCUT2D eigenvalue weighted by Gasteiger charge is -2.11. The molecule has 2 aromatic rings. The molecule has 1 aliphatic heterocycles. The second-order valence-electron chi connectivity index (χ2n) is 5.09. The van der Waals surface area contributed by atoms with E-state index in [1.165, 1.54) is 12.1 Å². The van der Waals surface area contributed by atoms with Gasteiger partial charge in [0.2, 0.25) is 0 Å². The molecular formula is C17H16FNO2. The topological polar surface area (TPSA) is 38.3 Å². The summed E-state index contributed by atoms with van der Waals surface area (Å²) < 4.78 is 18.4. The maximum Gasteiger partial charge on any atom is 0.261 e. The Labute approximate surface area is 122 Å². The number of benzene rings is 2. The normalized spacial score (nSPS) is 16.1. The summed E-state index contributed by atoms with van der Waals surface area (Å²) in [6.45, 7) is 0.515. The molecule has 0 aliphatic carbocycles. The molecule has 3 nitrogen and oxygen atoms in total. The number of halogens is 1. The number of hydrogen-bond donors (Lipinski definition) is 1. The first-order valence-electron chi connectivity index (χ1n) is 6.99. The van der Waals surface area contributed by atoms with Crippen LogP contribution < -0.4 is 10.1 Å². The number of hydrogen-bond acceptors (Lipinski definition) is 2. The lowest BCUT2D eigenvalue weighted by Crippen LogP contribution is -2.38. The van der Waals surface area contributed by atoms with Crippen LogP contribution in [0.3, 0.4) is 0 Å². The van der Waals surface area contributed by atoms with Crippen LogP contribution in [0.4, 0.5) is 4.39 Å². The monoisotopic (exact) mass is 285 g/mol. The highest BCUT2D eigenvalue weighted by Crippen LogP contribution is 2.28. The van der Waals surface area contributed by atoms with E-state index < -0.39 is 6.10 Å². The molecule has 0 unspecified atom stereocenters. The van der Waals surface area contributed by atoms with Crippen molar-refractivity contribution < 1.29 is 13.9 Å². The first-order valence-corrected chi connectivity index (χ1v) is 6.99. The summed E-state index contributed by atoms with van der Waals surface area (Å²) in [4.78, 5) is 12.1. The molecule has 3 rings (SSSR count). The molecule has 0 aromatic heterocycles. The number of ether oxygens (including phenoxy) is 1. The third-order valence-corrected chi connectivity index (χ3v) is 3.57. The van der Waals surface area contributed by atoms with Crippen molar-refractivity contribution in [2.45, 2.75) is 18.9 Å². The van der Waals surface area contributed by atoms with E-state index >= 15 is 0 Å². The Morgan fingerprint density at radius 3 is 2.71 bits per heavy atom. The van der Waals surface area contributed by atoms with Crippen molar-refractivity contribution >= 4 is 5.91 Å². The van der Waals surface area contributed by atoms with Crippen LogP contribution in [0.2, 0.25) is 0 Å². The standard InChI is InChI=1S/C17H16FNO2/c18-14-7-5-12(6-8-14)9-10-19-17(20)16-11-13-3-1-2-4-15(13)21-16/h1-8,16H,9-11H2,(H,19,20)/t16-/m1/s1. The number of carbonyl (C=O) groups is 1. The van der Waals surface area contributed by atoms with Crippen molar-refractivity contribution in [2.75, 3.05) is 6.54 Å². The van der Waals surface area contributed by atoms with Crippen LogP contribution >= 0.6 is 0 Å². The van der Waals surface area contributed by atoms with Gasteiger partial charge in [-0.2, -0.15) is 0 Å². The van der Waals surface area contributed by atoms with Crippen molar-refractivity contribution in [1.29, 1.82) is 0 Å². The minimum Gasteiger partial charge on any atom is -0.480 e. The molecule has 1 atom stereocenters. The fourth-order valence-electron chi connectivity index (χ4n) is 2.42. The van der Waals surface area contributed by atoms with Gasteiger partial charge in [-0.05, 0) is 35.7 Å². The van der Waals surface area contributed by atoms with Crippen molar-refractivity contribution in [3.8, 4) is 5.75 Å². The molecular weight excluding hydrogens is 269 g/mol. The molecule has 0 spiro atoms. The Bertz CT molecular complexity index is 614. The van der Waals surface area contributed by atoms with Gasteiger partial charge < -0.3 is 10.1 Å². The average molecular weight is 285 g/mol. The van der Waals surface area contributed by atoms with Crippen LogP contribution in [-0.4, -0.2) is 18.6 Å². The number of carbonyl (C=O) groups excluding carboxylic acids is 1. The SMILES string of the molecule is O=C(NCCc1ccc(F)cc1)[C@H]1Cc2ccccc2O1. The number of nitrogens with one attached hydrogen (secondary N) is 1. The molecule has 0 saturated carbocycles. The smallest absolute Gasteiger partial charge is 0.261 e. The number of fused-ring (bicyclic) bond motifs is 1. The van der Waals surface area contributed by atoms with Crippen molar-refractivity contribution in [3.05, 3.63) is 65.5 Å². The summed E-state index contributed by atoms with van der Waals surface area (Å²) in [5, 5.41) is 2.86. The zero-order valence-corrected chi connectivity index (χ0v) is 11.5. The van der Waals surface area contributed by atoms with Crippen LogP contribution in [0.15, 0.2) is 48.5 Å². The molecule has 4 heteroatoms. The van der Waals surface area contributed by atoms with Gasteiger partial charge in [0.05, 0.1) is 0 Å². The third kappa shape index (κ3) is 3.21. The summed E-state index contributed by atoms with van der Waals surface area (Å²) in [6.07, 6.45) is 0.833. The van der Waals surface area contributed by atoms with E-state index in [2.05, 4.69) is 5.32 Å². The maximum atomic E-state index is 12.8. The Morgan fingerprint density at radius 1 is 1.19 bits per heavy atom. The Kier molecular flexibility index (Phi) is 3.86. The molecule has 1 aliphatic rings. The number of amides is 1. The van der Waals surface area contributed by atoms with Crippen LogP contribution in [0.25, 0.3) is 0 Å². The van der Waals surface area contributed by atoms with Gasteiger partial charge in [0.1, 0.15) is 11.6 Å². The highest BCUT2D eigenvalue weighted by atomic mass is 19.1. The Hall–Kier alpha value is -2.36. The highest BCUT2D eigenvalue weighted by molar-refractivity contribution is 5.82. The quantitative estimate of drug-likeness (QED) is 0.937. The fourth-order valence-corrected chi connectivity index (χ4v) is 2.42. The van der Waals surface area contributed by atoms with E-state index in [4.69, 9.17) is 4.74 Å². The molecule has 108 valence electrons. The largest absolute Gasteiger partial charge is 0.480 e. The highest BCUT2D eigenvalue weighted by Gasteiger charge is 2.28. The average Bonchev–Trinajstić information content (AvgIpc) is 2.93. The van der Waals surface area contributed by atoms with Gasteiger partial charge in [-0.3, -0.25) is 4.79 Å². The molecule has 21 heavy (non-hydrogen) atoms. The van der Waals surface area contributed by atoms with Crippen LogP contribution in [-0.2, 0) is 17.6 Å². The van der Waals surface area contributed by atoms with Gasteiger partial charge in [0.25, 0.3) is 5.91 Å². The Morgan fingerprint density at radius 2 is 1.95 bits per heavy atom. The molecule has 1 amide bonds. The zero-order chi connectivity index (χ0) is 14.7. The van der Waals surface area contributed by atoms with Crippen LogP contribution in [0, 0.1) is 5.82 Å². The van der Waals surface area contributed by atoms with E-state index in [-0.39, 0.29) is 11.7 Å². The number of rotatable bonds is 4. The second kappa shape index (κ2) is 5.95. The summed E-state index contributed by atoms with van der Waals surface area (Å²) >= 11 is 0. The molecule has 1 N–H and O–H groups in total. The van der Waals surface area contributed by atoms with Gasteiger partial charge in [0.15, 0.2) is 6.10 Å². The van der Waals surface area contributed by atoms with Gasteiger partial charge >= 0.3 is 0 Å². The van der Waals surface area contributed by atoms with Crippen LogP contribution in [0.1, 0.15) is 11.1 Å². The van der Waals surface area contributed by atoms with E-state index in [1.807, 2.05) is 24.3 Å². The molecule has 2 aromatic carbocycles. The lowest BCUT2D eigenvalue weighted by molar-refractivity contribution is -0.127. The minimum absolute atomic E-state index is 0.103. The summed E-state index contributed by atoms with van der Waals surface area (Å²) in [5.41, 5.74) is 2.06. The Balaban J connectivity index is 1.48. The predicted molar refractivity (Wildman–Crippen MR) is 77.7 cm³/mol. The molecule has 0 fully saturated rings. The van der Waals surface area contributed by atoms with E-state index in [0.29, 0.717) is 19.4 Å². The molecule has 0 radical (unpaired) electrons. The molecule has 0 saturated heterocycles. The fraction of sp³-hybridized carbons (Fsp3) is 0.235. The van der Waals surface area contributed by atoms with E-state index in [0.717, 1.165) is 16.9 Å². The first kappa shape index (κ1) is 13.6. The van der Waals surface area contributed by atoms with Crippen molar-refractivity contribution in [3.63, 3.8) is 0 Å². The first-order chi connectivity index (χ1) is 10.2. The minimum atomic E-state index is -0.449. The zero-order valence-electron chi connectivity index (χ0n) is 11.5. The van der Waals surface area contributed by atoms with E-state index in [1.54, 1.807) is 12.1 Å². The second-order valence-corrected chi connectivity index (χ2v) is 5.09. The van der Waals surface area contributed by atoms with Gasteiger partial charge in [0, 0.05) is 13.0 Å². The van der Waals surface area contributed by atoms with Gasteiger partial charge in [-0.1, -0.05) is 30.3 Å². The van der Waals surface area contributed by atoms with Gasteiger partial charge in [-0.25, -0.2) is 4.39 Å². The summed E-state index contributed by atoms with van der Waals surface area (Å²) in [7, 11) is 0. The predicted octanol–water partition coefficient (Wildman–Crippen LogP) is 2.49. The molecule has 1 heterocycles. The van der Waals surface area contributed by atoms with Crippen molar-refractivity contribution in [2.24, 2.45) is 0 Å². The lowest BCUT2D eigenvalue weighted by atomic mass is 10.1. The third-order valence-electron chi connectivity index (χ3n) is 3.57. The molecule has 0 bridgehead atoms. The number of para-hydroxylation sites is 1.